The number of hydrogen-bond acceptors (Lipinski definition) is 4. The minimum Gasteiger partial charge on any atom is -0.267 e. The molecular formula is C21H16Cl2N2O4S. The Kier molecular flexibility index (Phi) is 6.45. The van der Waals surface area contributed by atoms with Crippen molar-refractivity contribution in [3.63, 3.8) is 0 Å². The first-order chi connectivity index (χ1) is 14.2. The third-order valence-corrected chi connectivity index (χ3v) is 6.25. The number of halogens is 2. The van der Waals surface area contributed by atoms with Crippen molar-refractivity contribution in [3.05, 3.63) is 99.5 Å². The van der Waals surface area contributed by atoms with E-state index in [0.29, 0.717) is 14.5 Å². The first kappa shape index (κ1) is 21.8. The third-order valence-electron chi connectivity index (χ3n) is 4.14. The van der Waals surface area contributed by atoms with Crippen LogP contribution < -0.4 is 5.43 Å². The van der Waals surface area contributed by atoms with Crippen molar-refractivity contribution >= 4 is 45.0 Å². The summed E-state index contributed by atoms with van der Waals surface area (Å²) in [5.41, 5.74) is 3.21. The standard InChI is InChI=1S/C21H16Cl2N2O4S/c1-14-2-12-19(13-3-14)30(28,29)25(21(27)16-6-10-18(23)11-7-16)24-20(26)15-4-8-17(22)9-5-15/h2-13H,1H3,(H,24,26). The molecule has 0 unspecified atom stereocenters. The summed E-state index contributed by atoms with van der Waals surface area (Å²) in [6, 6.07) is 17.4. The summed E-state index contributed by atoms with van der Waals surface area (Å²) in [5.74, 6) is -1.72. The van der Waals surface area contributed by atoms with Crippen LogP contribution in [0.5, 0.6) is 0 Å². The number of benzene rings is 3. The van der Waals surface area contributed by atoms with Crippen LogP contribution in [0, 0.1) is 6.92 Å². The van der Waals surface area contributed by atoms with E-state index < -0.39 is 21.8 Å². The number of aryl methyl sites for hydroxylation is 1. The number of sulfonamides is 1. The molecular weight excluding hydrogens is 447 g/mol. The van der Waals surface area contributed by atoms with Crippen LogP contribution in [0.15, 0.2) is 77.7 Å². The fourth-order valence-electron chi connectivity index (χ4n) is 2.50. The fourth-order valence-corrected chi connectivity index (χ4v) is 3.97. The van der Waals surface area contributed by atoms with Crippen LogP contribution in [0.1, 0.15) is 26.3 Å². The van der Waals surface area contributed by atoms with Gasteiger partial charge in [0.1, 0.15) is 0 Å². The van der Waals surface area contributed by atoms with Gasteiger partial charge in [-0.25, -0.2) is 5.43 Å². The van der Waals surface area contributed by atoms with E-state index in [4.69, 9.17) is 23.2 Å². The van der Waals surface area contributed by atoms with Crippen molar-refractivity contribution in [2.45, 2.75) is 11.8 Å². The zero-order chi connectivity index (χ0) is 21.9. The molecule has 30 heavy (non-hydrogen) atoms. The van der Waals surface area contributed by atoms with Gasteiger partial charge in [0.05, 0.1) is 4.90 Å². The Morgan fingerprint density at radius 2 is 1.23 bits per heavy atom. The highest BCUT2D eigenvalue weighted by molar-refractivity contribution is 7.89. The Labute approximate surface area is 184 Å². The van der Waals surface area contributed by atoms with Gasteiger partial charge in [0.2, 0.25) is 0 Å². The van der Waals surface area contributed by atoms with Gasteiger partial charge in [-0.1, -0.05) is 40.9 Å². The summed E-state index contributed by atoms with van der Waals surface area (Å²) in [5, 5.41) is 0.789. The topological polar surface area (TPSA) is 83.6 Å². The number of hydrazine groups is 1. The molecule has 6 nitrogen and oxygen atoms in total. The summed E-state index contributed by atoms with van der Waals surface area (Å²) in [6.07, 6.45) is 0. The molecule has 3 rings (SSSR count). The quantitative estimate of drug-likeness (QED) is 0.579. The average Bonchev–Trinajstić information content (AvgIpc) is 2.72. The molecule has 3 aromatic carbocycles. The number of carbonyl (C=O) groups is 2. The van der Waals surface area contributed by atoms with Gasteiger partial charge in [0, 0.05) is 21.2 Å². The molecule has 1 N–H and O–H groups in total. The van der Waals surface area contributed by atoms with Crippen molar-refractivity contribution in [1.82, 2.24) is 9.84 Å². The number of hydrogen-bond donors (Lipinski definition) is 1. The predicted octanol–water partition coefficient (Wildman–Crippen LogP) is 4.48. The van der Waals surface area contributed by atoms with Gasteiger partial charge in [-0.3, -0.25) is 9.59 Å². The second kappa shape index (κ2) is 8.87. The van der Waals surface area contributed by atoms with Crippen molar-refractivity contribution in [1.29, 1.82) is 0 Å². The first-order valence-electron chi connectivity index (χ1n) is 8.67. The molecule has 0 saturated heterocycles. The van der Waals surface area contributed by atoms with Crippen molar-refractivity contribution in [2.75, 3.05) is 0 Å². The van der Waals surface area contributed by atoms with E-state index in [1.807, 2.05) is 0 Å². The van der Waals surface area contributed by atoms with E-state index >= 15 is 0 Å². The summed E-state index contributed by atoms with van der Waals surface area (Å²) in [7, 11) is -4.39. The number of amides is 2. The first-order valence-corrected chi connectivity index (χ1v) is 10.9. The highest BCUT2D eigenvalue weighted by Crippen LogP contribution is 2.19. The third kappa shape index (κ3) is 4.81. The van der Waals surface area contributed by atoms with E-state index in [-0.39, 0.29) is 16.0 Å². The normalized spacial score (nSPS) is 11.0. The van der Waals surface area contributed by atoms with Gasteiger partial charge in [0.25, 0.3) is 21.8 Å². The molecule has 2 amide bonds. The zero-order valence-electron chi connectivity index (χ0n) is 15.7. The molecule has 0 fully saturated rings. The maximum atomic E-state index is 13.2. The Balaban J connectivity index is 2.02. The molecule has 0 aliphatic heterocycles. The Bertz CT molecular complexity index is 1180. The van der Waals surface area contributed by atoms with E-state index in [1.165, 1.54) is 60.7 Å². The minimum absolute atomic E-state index is 0.0338. The summed E-state index contributed by atoms with van der Waals surface area (Å²) >= 11 is 11.7. The molecule has 3 aromatic rings. The maximum absolute atomic E-state index is 13.2. The van der Waals surface area contributed by atoms with Crippen molar-refractivity contribution < 1.29 is 18.0 Å². The molecule has 0 aliphatic rings. The zero-order valence-corrected chi connectivity index (χ0v) is 18.0. The van der Waals surface area contributed by atoms with Crippen molar-refractivity contribution in [3.8, 4) is 0 Å². The SMILES string of the molecule is Cc1ccc(S(=O)(=O)N(NC(=O)c2ccc(Cl)cc2)C(=O)c2ccc(Cl)cc2)cc1. The summed E-state index contributed by atoms with van der Waals surface area (Å²) < 4.78 is 26.7. The summed E-state index contributed by atoms with van der Waals surface area (Å²) in [6.45, 7) is 1.80. The molecule has 0 saturated carbocycles. The molecule has 0 radical (unpaired) electrons. The monoisotopic (exact) mass is 462 g/mol. The molecule has 0 aromatic heterocycles. The van der Waals surface area contributed by atoms with Crippen LogP contribution in [-0.4, -0.2) is 24.6 Å². The Morgan fingerprint density at radius 1 is 0.767 bits per heavy atom. The van der Waals surface area contributed by atoms with E-state index in [9.17, 15) is 18.0 Å². The van der Waals surface area contributed by atoms with Gasteiger partial charge < -0.3 is 0 Å². The molecule has 0 bridgehead atoms. The Hall–Kier alpha value is -2.87. The highest BCUT2D eigenvalue weighted by Gasteiger charge is 2.32. The van der Waals surface area contributed by atoms with Crippen LogP contribution in [0.25, 0.3) is 0 Å². The smallest absolute Gasteiger partial charge is 0.267 e. The number of nitrogens with zero attached hydrogens (tertiary/aromatic N) is 1. The lowest BCUT2D eigenvalue weighted by atomic mass is 10.2. The molecule has 0 atom stereocenters. The van der Waals surface area contributed by atoms with Crippen LogP contribution in [0.2, 0.25) is 10.0 Å². The van der Waals surface area contributed by atoms with Gasteiger partial charge in [-0.2, -0.15) is 8.42 Å². The molecule has 0 aliphatic carbocycles. The van der Waals surface area contributed by atoms with E-state index in [2.05, 4.69) is 5.43 Å². The van der Waals surface area contributed by atoms with E-state index in [0.717, 1.165) is 5.56 Å². The fraction of sp³-hybridized carbons (Fsp3) is 0.0476. The lowest BCUT2D eigenvalue weighted by Crippen LogP contribution is -2.49. The van der Waals surface area contributed by atoms with Crippen molar-refractivity contribution in [2.24, 2.45) is 0 Å². The number of nitrogens with one attached hydrogen (secondary N) is 1. The van der Waals surface area contributed by atoms with Crippen LogP contribution in [-0.2, 0) is 10.0 Å². The molecule has 154 valence electrons. The largest absolute Gasteiger partial charge is 0.286 e. The lowest BCUT2D eigenvalue weighted by Gasteiger charge is -2.23. The highest BCUT2D eigenvalue weighted by atomic mass is 35.5. The second-order valence-corrected chi connectivity index (χ2v) is 9.00. The average molecular weight is 463 g/mol. The van der Waals surface area contributed by atoms with Gasteiger partial charge in [-0.15, -0.1) is 4.41 Å². The molecule has 0 spiro atoms. The Morgan fingerprint density at radius 3 is 1.73 bits per heavy atom. The van der Waals surface area contributed by atoms with Gasteiger partial charge in [0.15, 0.2) is 0 Å². The van der Waals surface area contributed by atoms with E-state index in [1.54, 1.807) is 19.1 Å². The maximum Gasteiger partial charge on any atom is 0.286 e. The number of carbonyl (C=O) groups excluding carboxylic acids is 2. The van der Waals surface area contributed by atoms with Gasteiger partial charge in [-0.05, 0) is 67.6 Å². The van der Waals surface area contributed by atoms with Crippen LogP contribution in [0.4, 0.5) is 0 Å². The molecule has 9 heteroatoms. The summed E-state index contributed by atoms with van der Waals surface area (Å²) in [4.78, 5) is 25.5. The minimum atomic E-state index is -4.39. The second-order valence-electron chi connectivity index (χ2n) is 6.34. The number of rotatable bonds is 4. The van der Waals surface area contributed by atoms with Crippen LogP contribution in [0.3, 0.4) is 0 Å². The molecule has 0 heterocycles. The van der Waals surface area contributed by atoms with Crippen LogP contribution >= 0.6 is 23.2 Å². The lowest BCUT2D eigenvalue weighted by molar-refractivity contribution is 0.0724. The van der Waals surface area contributed by atoms with Gasteiger partial charge >= 0.3 is 0 Å². The predicted molar refractivity (Wildman–Crippen MR) is 115 cm³/mol.